The zero-order valence-corrected chi connectivity index (χ0v) is 10.6. The second-order valence-corrected chi connectivity index (χ2v) is 5.92. The molecule has 3 heteroatoms. The minimum atomic E-state index is 0.804. The predicted molar refractivity (Wildman–Crippen MR) is 68.2 cm³/mol. The summed E-state index contributed by atoms with van der Waals surface area (Å²) >= 11 is 3.88. The number of rotatable bonds is 7. The zero-order chi connectivity index (χ0) is 10.2. The van der Waals surface area contributed by atoms with Crippen LogP contribution in [-0.2, 0) is 6.54 Å². The average molecular weight is 229 g/mol. The SMILES string of the molecule is CCC(C)SCCNCc1cccs1. The molecule has 1 nitrogen and oxygen atoms in total. The summed E-state index contributed by atoms with van der Waals surface area (Å²) < 4.78 is 0. The molecule has 1 rings (SSSR count). The van der Waals surface area contributed by atoms with Crippen LogP contribution in [0.1, 0.15) is 25.1 Å². The number of thioether (sulfide) groups is 1. The molecule has 0 aliphatic rings. The number of thiophene rings is 1. The Morgan fingerprint density at radius 3 is 3.07 bits per heavy atom. The van der Waals surface area contributed by atoms with Crippen molar-refractivity contribution in [2.24, 2.45) is 0 Å². The maximum Gasteiger partial charge on any atom is 0.0300 e. The van der Waals surface area contributed by atoms with Gasteiger partial charge in [0.1, 0.15) is 0 Å². The van der Waals surface area contributed by atoms with Gasteiger partial charge in [-0.05, 0) is 17.9 Å². The Labute approximate surface area is 95.3 Å². The van der Waals surface area contributed by atoms with E-state index < -0.39 is 0 Å². The fourth-order valence-corrected chi connectivity index (χ4v) is 2.65. The minimum Gasteiger partial charge on any atom is -0.311 e. The van der Waals surface area contributed by atoms with Crippen molar-refractivity contribution in [1.82, 2.24) is 5.32 Å². The maximum absolute atomic E-state index is 3.46. The summed E-state index contributed by atoms with van der Waals surface area (Å²) in [5.74, 6) is 1.22. The first-order chi connectivity index (χ1) is 6.83. The lowest BCUT2D eigenvalue weighted by Gasteiger charge is -2.08. The lowest BCUT2D eigenvalue weighted by atomic mass is 10.4. The predicted octanol–water partition coefficient (Wildman–Crippen LogP) is 3.37. The van der Waals surface area contributed by atoms with Crippen LogP contribution in [0.4, 0.5) is 0 Å². The Kier molecular flexibility index (Phi) is 6.32. The van der Waals surface area contributed by atoms with Crippen molar-refractivity contribution < 1.29 is 0 Å². The molecule has 0 radical (unpaired) electrons. The van der Waals surface area contributed by atoms with Crippen LogP contribution < -0.4 is 5.32 Å². The Morgan fingerprint density at radius 1 is 1.57 bits per heavy atom. The molecule has 0 saturated heterocycles. The molecular weight excluding hydrogens is 210 g/mol. The highest BCUT2D eigenvalue weighted by atomic mass is 32.2. The maximum atomic E-state index is 3.46. The lowest BCUT2D eigenvalue weighted by Crippen LogP contribution is -2.16. The Bertz CT molecular complexity index is 221. The van der Waals surface area contributed by atoms with Crippen molar-refractivity contribution in [1.29, 1.82) is 0 Å². The number of hydrogen-bond acceptors (Lipinski definition) is 3. The Morgan fingerprint density at radius 2 is 2.43 bits per heavy atom. The summed E-state index contributed by atoms with van der Waals surface area (Å²) in [6.07, 6.45) is 1.27. The zero-order valence-electron chi connectivity index (χ0n) is 8.95. The van der Waals surface area contributed by atoms with E-state index in [0.717, 1.165) is 18.3 Å². The van der Waals surface area contributed by atoms with E-state index in [2.05, 4.69) is 48.4 Å². The molecule has 0 bridgehead atoms. The third-order valence-electron chi connectivity index (χ3n) is 2.14. The summed E-state index contributed by atoms with van der Waals surface area (Å²) in [5, 5.41) is 6.39. The van der Waals surface area contributed by atoms with Gasteiger partial charge in [0.25, 0.3) is 0 Å². The van der Waals surface area contributed by atoms with Crippen molar-refractivity contribution in [3.8, 4) is 0 Å². The van der Waals surface area contributed by atoms with Gasteiger partial charge in [0, 0.05) is 29.0 Å². The smallest absolute Gasteiger partial charge is 0.0300 e. The van der Waals surface area contributed by atoms with E-state index in [0.29, 0.717) is 0 Å². The van der Waals surface area contributed by atoms with Crippen molar-refractivity contribution in [3.05, 3.63) is 22.4 Å². The van der Waals surface area contributed by atoms with Gasteiger partial charge in [-0.1, -0.05) is 19.9 Å². The van der Waals surface area contributed by atoms with E-state index in [1.165, 1.54) is 17.1 Å². The van der Waals surface area contributed by atoms with E-state index in [1.54, 1.807) is 0 Å². The van der Waals surface area contributed by atoms with E-state index in [1.807, 2.05) is 11.3 Å². The first kappa shape index (κ1) is 12.1. The lowest BCUT2D eigenvalue weighted by molar-refractivity contribution is 0.739. The molecule has 0 fully saturated rings. The van der Waals surface area contributed by atoms with Gasteiger partial charge in [0.15, 0.2) is 0 Å². The molecule has 80 valence electrons. The second kappa shape index (κ2) is 7.32. The first-order valence-corrected chi connectivity index (χ1v) is 7.10. The van der Waals surface area contributed by atoms with Crippen molar-refractivity contribution in [2.45, 2.75) is 32.1 Å². The highest BCUT2D eigenvalue weighted by Gasteiger charge is 1.98. The van der Waals surface area contributed by atoms with Gasteiger partial charge in [-0.15, -0.1) is 11.3 Å². The fourth-order valence-electron chi connectivity index (χ4n) is 1.07. The molecule has 1 N–H and O–H groups in total. The summed E-state index contributed by atoms with van der Waals surface area (Å²) in [5.41, 5.74) is 0. The van der Waals surface area contributed by atoms with E-state index in [9.17, 15) is 0 Å². The summed E-state index contributed by atoms with van der Waals surface area (Å²) in [6, 6.07) is 4.29. The third kappa shape index (κ3) is 5.03. The summed E-state index contributed by atoms with van der Waals surface area (Å²) in [4.78, 5) is 1.43. The van der Waals surface area contributed by atoms with Crippen molar-refractivity contribution in [3.63, 3.8) is 0 Å². The molecular formula is C11H19NS2. The van der Waals surface area contributed by atoms with Crippen LogP contribution in [0.3, 0.4) is 0 Å². The molecule has 1 aromatic rings. The second-order valence-electron chi connectivity index (χ2n) is 3.35. The standard InChI is InChI=1S/C11H19NS2/c1-3-10(2)13-8-6-12-9-11-5-4-7-14-11/h4-5,7,10,12H,3,6,8-9H2,1-2H3. The Hall–Kier alpha value is 0.01000. The topological polar surface area (TPSA) is 12.0 Å². The quantitative estimate of drug-likeness (QED) is 0.720. The molecule has 1 aromatic heterocycles. The highest BCUT2D eigenvalue weighted by molar-refractivity contribution is 7.99. The normalized spacial score (nSPS) is 13.0. The van der Waals surface area contributed by atoms with Gasteiger partial charge in [0.2, 0.25) is 0 Å². The van der Waals surface area contributed by atoms with Crippen LogP contribution in [0.15, 0.2) is 17.5 Å². The van der Waals surface area contributed by atoms with E-state index in [-0.39, 0.29) is 0 Å². The van der Waals surface area contributed by atoms with Crippen molar-refractivity contribution in [2.75, 3.05) is 12.3 Å². The van der Waals surface area contributed by atoms with Gasteiger partial charge in [-0.2, -0.15) is 11.8 Å². The summed E-state index contributed by atoms with van der Waals surface area (Å²) in [7, 11) is 0. The molecule has 0 aliphatic carbocycles. The van der Waals surface area contributed by atoms with Crippen LogP contribution >= 0.6 is 23.1 Å². The van der Waals surface area contributed by atoms with Crippen LogP contribution in [0.25, 0.3) is 0 Å². The van der Waals surface area contributed by atoms with E-state index >= 15 is 0 Å². The molecule has 1 heterocycles. The van der Waals surface area contributed by atoms with Crippen LogP contribution in [0.2, 0.25) is 0 Å². The average Bonchev–Trinajstić information content (AvgIpc) is 2.69. The molecule has 0 amide bonds. The van der Waals surface area contributed by atoms with Gasteiger partial charge in [-0.25, -0.2) is 0 Å². The summed E-state index contributed by atoms with van der Waals surface area (Å²) in [6.45, 7) is 6.69. The molecule has 0 spiro atoms. The van der Waals surface area contributed by atoms with Gasteiger partial charge < -0.3 is 5.32 Å². The molecule has 0 saturated carbocycles. The molecule has 0 aliphatic heterocycles. The highest BCUT2D eigenvalue weighted by Crippen LogP contribution is 2.12. The van der Waals surface area contributed by atoms with Crippen LogP contribution in [0, 0.1) is 0 Å². The Balaban J connectivity index is 1.95. The molecule has 1 unspecified atom stereocenters. The van der Waals surface area contributed by atoms with E-state index in [4.69, 9.17) is 0 Å². The van der Waals surface area contributed by atoms with Crippen LogP contribution in [0.5, 0.6) is 0 Å². The van der Waals surface area contributed by atoms with Gasteiger partial charge in [0.05, 0.1) is 0 Å². The fraction of sp³-hybridized carbons (Fsp3) is 0.636. The molecule has 1 atom stereocenters. The molecule has 14 heavy (non-hydrogen) atoms. The number of nitrogens with one attached hydrogen (secondary N) is 1. The van der Waals surface area contributed by atoms with Gasteiger partial charge in [-0.3, -0.25) is 0 Å². The minimum absolute atomic E-state index is 0.804. The molecule has 0 aromatic carbocycles. The third-order valence-corrected chi connectivity index (χ3v) is 4.35. The van der Waals surface area contributed by atoms with Crippen LogP contribution in [-0.4, -0.2) is 17.5 Å². The monoisotopic (exact) mass is 229 g/mol. The van der Waals surface area contributed by atoms with Gasteiger partial charge >= 0.3 is 0 Å². The first-order valence-electron chi connectivity index (χ1n) is 5.17. The largest absolute Gasteiger partial charge is 0.311 e. The number of hydrogen-bond donors (Lipinski definition) is 1. The van der Waals surface area contributed by atoms with Crippen molar-refractivity contribution >= 4 is 23.1 Å².